The summed E-state index contributed by atoms with van der Waals surface area (Å²) in [5.74, 6) is -0.366. The molecule has 0 aromatic heterocycles. The molecule has 3 rings (SSSR count). The van der Waals surface area contributed by atoms with Crippen molar-refractivity contribution in [3.05, 3.63) is 29.3 Å². The molecule has 1 aromatic rings. The molecule has 1 heterocycles. The van der Waals surface area contributed by atoms with E-state index in [-0.39, 0.29) is 33.9 Å². The molecule has 132 valence electrons. The van der Waals surface area contributed by atoms with Crippen LogP contribution in [0.1, 0.15) is 19.3 Å². The lowest BCUT2D eigenvalue weighted by Crippen LogP contribution is -2.46. The van der Waals surface area contributed by atoms with Crippen molar-refractivity contribution in [2.24, 2.45) is 5.92 Å². The molecule has 1 aliphatic heterocycles. The maximum Gasteiger partial charge on any atom is 0.324 e. The predicted octanol–water partition coefficient (Wildman–Crippen LogP) is 0.805. The smallest absolute Gasteiger partial charge is 0.324 e. The summed E-state index contributed by atoms with van der Waals surface area (Å²) in [4.78, 5) is 11.9. The molecule has 0 spiro atoms. The molecule has 1 saturated heterocycles. The number of nitrogens with one attached hydrogen (secondary N) is 3. The first-order valence-electron chi connectivity index (χ1n) is 7.78. The third-order valence-electron chi connectivity index (χ3n) is 4.66. The van der Waals surface area contributed by atoms with Gasteiger partial charge in [0.2, 0.25) is 10.0 Å². The molecule has 1 aromatic carbocycles. The summed E-state index contributed by atoms with van der Waals surface area (Å²) in [6.45, 7) is 0. The first kappa shape index (κ1) is 17.6. The molecule has 4 unspecified atom stereocenters. The van der Waals surface area contributed by atoms with Crippen LogP contribution in [0.4, 0.5) is 0 Å². The summed E-state index contributed by atoms with van der Waals surface area (Å²) in [6, 6.07) is 5.76. The van der Waals surface area contributed by atoms with Gasteiger partial charge in [-0.25, -0.2) is 18.6 Å². The Labute approximate surface area is 146 Å². The Kier molecular flexibility index (Phi) is 5.12. The van der Waals surface area contributed by atoms with Crippen molar-refractivity contribution in [2.75, 3.05) is 7.11 Å². The van der Waals surface area contributed by atoms with Crippen molar-refractivity contribution in [1.29, 1.82) is 0 Å². The summed E-state index contributed by atoms with van der Waals surface area (Å²) in [6.07, 6.45) is 2.00. The quantitative estimate of drug-likeness (QED) is 0.676. The summed E-state index contributed by atoms with van der Waals surface area (Å²) < 4.78 is 32.7. The molecule has 9 heteroatoms. The second-order valence-corrected chi connectivity index (χ2v) is 8.21. The van der Waals surface area contributed by atoms with Crippen LogP contribution in [0.5, 0.6) is 0 Å². The zero-order chi connectivity index (χ0) is 17.3. The average molecular weight is 374 g/mol. The lowest BCUT2D eigenvalue weighted by molar-refractivity contribution is -0.144. The third-order valence-corrected chi connectivity index (χ3v) is 6.68. The molecule has 2 fully saturated rings. The van der Waals surface area contributed by atoms with Gasteiger partial charge in [0.15, 0.2) is 0 Å². The summed E-state index contributed by atoms with van der Waals surface area (Å²) in [5.41, 5.74) is 6.05. The highest BCUT2D eigenvalue weighted by atomic mass is 35.5. The fraction of sp³-hybridized carbons (Fsp3) is 0.533. The van der Waals surface area contributed by atoms with E-state index >= 15 is 0 Å². The molecule has 0 radical (unpaired) electrons. The number of sulfonamides is 1. The fourth-order valence-corrected chi connectivity index (χ4v) is 5.27. The standard InChI is InChI=1S/C15H20ClN3O4S/c1-23-15(20)14-10-8-9(6-7-12(10)17-18-14)19-24(21,22)13-5-3-2-4-11(13)16/h2-5,9-10,12,14,17-19H,6-8H2,1H3. The van der Waals surface area contributed by atoms with Crippen LogP contribution in [0.3, 0.4) is 0 Å². The fourth-order valence-electron chi connectivity index (χ4n) is 3.47. The number of hydrazine groups is 1. The minimum Gasteiger partial charge on any atom is -0.468 e. The molecule has 3 N–H and O–H groups in total. The number of ether oxygens (including phenoxy) is 1. The third kappa shape index (κ3) is 3.43. The first-order chi connectivity index (χ1) is 11.4. The maximum atomic E-state index is 12.6. The van der Waals surface area contributed by atoms with Gasteiger partial charge >= 0.3 is 5.97 Å². The van der Waals surface area contributed by atoms with E-state index in [1.165, 1.54) is 13.2 Å². The number of carbonyl (C=O) groups excluding carboxylic acids is 1. The summed E-state index contributed by atoms with van der Waals surface area (Å²) in [5, 5.41) is 0.190. The molecule has 7 nitrogen and oxygen atoms in total. The summed E-state index contributed by atoms with van der Waals surface area (Å²) >= 11 is 6.00. The van der Waals surface area contributed by atoms with E-state index in [4.69, 9.17) is 16.3 Å². The number of methoxy groups -OCH3 is 1. The molecule has 2 aliphatic rings. The molecule has 1 aliphatic carbocycles. The number of halogens is 1. The molecule has 0 bridgehead atoms. The Morgan fingerprint density at radius 2 is 2.04 bits per heavy atom. The van der Waals surface area contributed by atoms with Crippen LogP contribution < -0.4 is 15.6 Å². The number of fused-ring (bicyclic) bond motifs is 1. The SMILES string of the molecule is COC(=O)C1NNC2CCC(NS(=O)(=O)c3ccccc3Cl)CC21. The van der Waals surface area contributed by atoms with Gasteiger partial charge in [0.1, 0.15) is 10.9 Å². The number of hydrogen-bond donors (Lipinski definition) is 3. The first-order valence-corrected chi connectivity index (χ1v) is 9.64. The second kappa shape index (κ2) is 6.97. The van der Waals surface area contributed by atoms with Crippen LogP contribution in [0, 0.1) is 5.92 Å². The van der Waals surface area contributed by atoms with E-state index in [1.807, 2.05) is 0 Å². The minimum absolute atomic E-state index is 0.0230. The van der Waals surface area contributed by atoms with Crippen molar-refractivity contribution in [3.8, 4) is 0 Å². The van der Waals surface area contributed by atoms with Gasteiger partial charge in [-0.3, -0.25) is 10.2 Å². The van der Waals surface area contributed by atoms with Gasteiger partial charge in [0.25, 0.3) is 0 Å². The molecular formula is C15H20ClN3O4S. The highest BCUT2D eigenvalue weighted by Crippen LogP contribution is 2.32. The molecule has 1 saturated carbocycles. The highest BCUT2D eigenvalue weighted by Gasteiger charge is 2.44. The number of carbonyl (C=O) groups is 1. The Morgan fingerprint density at radius 1 is 1.29 bits per heavy atom. The van der Waals surface area contributed by atoms with Gasteiger partial charge < -0.3 is 4.74 Å². The zero-order valence-electron chi connectivity index (χ0n) is 13.2. The molecular weight excluding hydrogens is 354 g/mol. The van der Waals surface area contributed by atoms with Crippen molar-refractivity contribution in [1.82, 2.24) is 15.6 Å². The van der Waals surface area contributed by atoms with Gasteiger partial charge in [-0.2, -0.15) is 0 Å². The largest absolute Gasteiger partial charge is 0.468 e. The van der Waals surface area contributed by atoms with Crippen molar-refractivity contribution in [3.63, 3.8) is 0 Å². The topological polar surface area (TPSA) is 96.5 Å². The van der Waals surface area contributed by atoms with Crippen LogP contribution in [0.25, 0.3) is 0 Å². The van der Waals surface area contributed by atoms with E-state index in [9.17, 15) is 13.2 Å². The maximum absolute atomic E-state index is 12.6. The van der Waals surface area contributed by atoms with E-state index < -0.39 is 16.1 Å². The van der Waals surface area contributed by atoms with Gasteiger partial charge in [0.05, 0.1) is 12.1 Å². The van der Waals surface area contributed by atoms with Gasteiger partial charge in [-0.05, 0) is 31.4 Å². The van der Waals surface area contributed by atoms with Gasteiger partial charge in [0, 0.05) is 18.0 Å². The van der Waals surface area contributed by atoms with E-state index in [2.05, 4.69) is 15.6 Å². The van der Waals surface area contributed by atoms with Gasteiger partial charge in [-0.1, -0.05) is 23.7 Å². The Balaban J connectivity index is 1.73. The number of benzene rings is 1. The van der Waals surface area contributed by atoms with Crippen LogP contribution >= 0.6 is 11.6 Å². The van der Waals surface area contributed by atoms with E-state index in [0.29, 0.717) is 12.8 Å². The van der Waals surface area contributed by atoms with Gasteiger partial charge in [-0.15, -0.1) is 0 Å². The van der Waals surface area contributed by atoms with E-state index in [0.717, 1.165) is 6.42 Å². The minimum atomic E-state index is -3.70. The predicted molar refractivity (Wildman–Crippen MR) is 88.8 cm³/mol. The van der Waals surface area contributed by atoms with Crippen molar-refractivity contribution >= 4 is 27.6 Å². The normalized spacial score (nSPS) is 29.9. The number of hydrogen-bond acceptors (Lipinski definition) is 6. The second-order valence-electron chi connectivity index (χ2n) is 6.12. The number of esters is 1. The van der Waals surface area contributed by atoms with Crippen LogP contribution in [-0.4, -0.2) is 39.6 Å². The molecule has 24 heavy (non-hydrogen) atoms. The lowest BCUT2D eigenvalue weighted by Gasteiger charge is -2.32. The van der Waals surface area contributed by atoms with Crippen LogP contribution in [-0.2, 0) is 19.6 Å². The lowest BCUT2D eigenvalue weighted by atomic mass is 9.79. The van der Waals surface area contributed by atoms with Crippen LogP contribution in [0.2, 0.25) is 5.02 Å². The monoisotopic (exact) mass is 373 g/mol. The van der Waals surface area contributed by atoms with Crippen molar-refractivity contribution in [2.45, 2.75) is 42.3 Å². The number of rotatable bonds is 4. The van der Waals surface area contributed by atoms with E-state index in [1.54, 1.807) is 18.2 Å². The molecule has 4 atom stereocenters. The Morgan fingerprint density at radius 3 is 2.75 bits per heavy atom. The molecule has 0 amide bonds. The summed E-state index contributed by atoms with van der Waals surface area (Å²) in [7, 11) is -2.36. The highest BCUT2D eigenvalue weighted by molar-refractivity contribution is 7.89. The Bertz CT molecular complexity index is 727. The zero-order valence-corrected chi connectivity index (χ0v) is 14.7. The van der Waals surface area contributed by atoms with Crippen molar-refractivity contribution < 1.29 is 17.9 Å². The van der Waals surface area contributed by atoms with Crippen LogP contribution in [0.15, 0.2) is 29.2 Å². The Hall–Kier alpha value is -1.19. The average Bonchev–Trinajstić information content (AvgIpc) is 2.97.